The molecule has 19 heavy (non-hydrogen) atoms. The van der Waals surface area contributed by atoms with Crippen LogP contribution >= 0.6 is 0 Å². The molecule has 102 valence electrons. The van der Waals surface area contributed by atoms with Crippen molar-refractivity contribution in [2.45, 2.75) is 44.3 Å². The van der Waals surface area contributed by atoms with Gasteiger partial charge in [-0.3, -0.25) is 9.69 Å². The molecular weight excluding hydrogens is 238 g/mol. The summed E-state index contributed by atoms with van der Waals surface area (Å²) >= 11 is 0. The van der Waals surface area contributed by atoms with Crippen LogP contribution in [-0.4, -0.2) is 45.9 Å². The van der Waals surface area contributed by atoms with Crippen molar-refractivity contribution < 1.29 is 4.79 Å². The third-order valence-corrected chi connectivity index (χ3v) is 4.92. The van der Waals surface area contributed by atoms with Gasteiger partial charge in [0.15, 0.2) is 0 Å². The SMILES string of the molecule is O=C1CC2C(CCN2Cc2ccc[nH]2)N1CC1CC1. The van der Waals surface area contributed by atoms with Crippen LogP contribution in [0.25, 0.3) is 0 Å². The number of amides is 1. The molecule has 3 heterocycles. The molecule has 1 aliphatic carbocycles. The highest BCUT2D eigenvalue weighted by molar-refractivity contribution is 5.80. The van der Waals surface area contributed by atoms with Crippen molar-refractivity contribution in [2.75, 3.05) is 13.1 Å². The third-order valence-electron chi connectivity index (χ3n) is 4.92. The topological polar surface area (TPSA) is 39.3 Å². The van der Waals surface area contributed by atoms with Gasteiger partial charge in [0.25, 0.3) is 0 Å². The summed E-state index contributed by atoms with van der Waals surface area (Å²) in [6.07, 6.45) is 6.52. The van der Waals surface area contributed by atoms with Crippen molar-refractivity contribution in [3.05, 3.63) is 24.0 Å². The van der Waals surface area contributed by atoms with Crippen molar-refractivity contribution in [1.29, 1.82) is 0 Å². The third kappa shape index (κ3) is 2.08. The van der Waals surface area contributed by atoms with E-state index < -0.39 is 0 Å². The van der Waals surface area contributed by atoms with Crippen LogP contribution in [0.3, 0.4) is 0 Å². The number of fused-ring (bicyclic) bond motifs is 1. The number of aromatic nitrogens is 1. The minimum Gasteiger partial charge on any atom is -0.364 e. The van der Waals surface area contributed by atoms with Gasteiger partial charge < -0.3 is 9.88 Å². The number of hydrogen-bond donors (Lipinski definition) is 1. The summed E-state index contributed by atoms with van der Waals surface area (Å²) in [6.45, 7) is 3.11. The van der Waals surface area contributed by atoms with Crippen molar-refractivity contribution in [2.24, 2.45) is 5.92 Å². The van der Waals surface area contributed by atoms with E-state index in [1.165, 1.54) is 18.5 Å². The summed E-state index contributed by atoms with van der Waals surface area (Å²) in [5.74, 6) is 1.19. The van der Waals surface area contributed by atoms with E-state index >= 15 is 0 Å². The van der Waals surface area contributed by atoms with Crippen LogP contribution in [-0.2, 0) is 11.3 Å². The molecule has 1 amide bonds. The molecule has 0 aromatic carbocycles. The molecular formula is C15H21N3O. The Morgan fingerprint density at radius 3 is 2.89 bits per heavy atom. The van der Waals surface area contributed by atoms with Gasteiger partial charge in [-0.05, 0) is 37.3 Å². The molecule has 4 heteroatoms. The minimum absolute atomic E-state index is 0.387. The normalized spacial score (nSPS) is 31.2. The Hall–Kier alpha value is -1.29. The average Bonchev–Trinajstić information content (AvgIpc) is 2.80. The summed E-state index contributed by atoms with van der Waals surface area (Å²) in [5, 5.41) is 0. The predicted octanol–water partition coefficient (Wildman–Crippen LogP) is 1.60. The molecule has 0 bridgehead atoms. The second kappa shape index (κ2) is 4.37. The van der Waals surface area contributed by atoms with Crippen molar-refractivity contribution in [1.82, 2.24) is 14.8 Å². The number of nitrogens with one attached hydrogen (secondary N) is 1. The largest absolute Gasteiger partial charge is 0.364 e. The summed E-state index contributed by atoms with van der Waals surface area (Å²) in [4.78, 5) is 20.1. The monoisotopic (exact) mass is 259 g/mol. The van der Waals surface area contributed by atoms with Gasteiger partial charge in [0.1, 0.15) is 0 Å². The van der Waals surface area contributed by atoms with Gasteiger partial charge >= 0.3 is 0 Å². The Balaban J connectivity index is 1.45. The zero-order valence-electron chi connectivity index (χ0n) is 11.2. The van der Waals surface area contributed by atoms with Gasteiger partial charge in [-0.15, -0.1) is 0 Å². The average molecular weight is 259 g/mol. The summed E-state index contributed by atoms with van der Waals surface area (Å²) in [5.41, 5.74) is 1.26. The van der Waals surface area contributed by atoms with E-state index in [0.717, 1.165) is 38.4 Å². The number of rotatable bonds is 4. The molecule has 4 rings (SSSR count). The van der Waals surface area contributed by atoms with Gasteiger partial charge in [-0.25, -0.2) is 0 Å². The quantitative estimate of drug-likeness (QED) is 0.892. The minimum atomic E-state index is 0.387. The highest BCUT2D eigenvalue weighted by Gasteiger charge is 2.47. The first-order valence-electron chi connectivity index (χ1n) is 7.47. The lowest BCUT2D eigenvalue weighted by Crippen LogP contribution is -2.38. The smallest absolute Gasteiger partial charge is 0.224 e. The lowest BCUT2D eigenvalue weighted by molar-refractivity contribution is -0.129. The molecule has 1 saturated carbocycles. The fourth-order valence-electron chi connectivity index (χ4n) is 3.71. The van der Waals surface area contributed by atoms with Crippen LogP contribution < -0.4 is 0 Å². The number of aromatic amines is 1. The molecule has 3 fully saturated rings. The Morgan fingerprint density at radius 2 is 2.16 bits per heavy atom. The molecule has 1 aromatic rings. The molecule has 1 aromatic heterocycles. The summed E-state index contributed by atoms with van der Waals surface area (Å²) in [7, 11) is 0. The van der Waals surface area contributed by atoms with E-state index in [4.69, 9.17) is 0 Å². The Kier molecular flexibility index (Phi) is 2.65. The molecule has 3 aliphatic rings. The van der Waals surface area contributed by atoms with E-state index in [9.17, 15) is 4.79 Å². The molecule has 0 radical (unpaired) electrons. The highest BCUT2D eigenvalue weighted by Crippen LogP contribution is 2.37. The second-order valence-electron chi connectivity index (χ2n) is 6.28. The summed E-state index contributed by atoms with van der Waals surface area (Å²) in [6, 6.07) is 5.12. The fraction of sp³-hybridized carbons (Fsp3) is 0.667. The lowest BCUT2D eigenvalue weighted by Gasteiger charge is -2.25. The molecule has 2 atom stereocenters. The van der Waals surface area contributed by atoms with Crippen LogP contribution in [0.5, 0.6) is 0 Å². The van der Waals surface area contributed by atoms with Gasteiger partial charge in [0.05, 0.1) is 0 Å². The number of likely N-dealkylation sites (tertiary alicyclic amines) is 2. The first-order chi connectivity index (χ1) is 9.31. The number of nitrogens with zero attached hydrogens (tertiary/aromatic N) is 2. The van der Waals surface area contributed by atoms with Gasteiger partial charge in [-0.1, -0.05) is 0 Å². The molecule has 0 spiro atoms. The van der Waals surface area contributed by atoms with Gasteiger partial charge in [0.2, 0.25) is 5.91 Å². The number of H-pyrrole nitrogens is 1. The molecule has 1 N–H and O–H groups in total. The zero-order chi connectivity index (χ0) is 12.8. The van der Waals surface area contributed by atoms with Crippen LogP contribution in [0, 0.1) is 5.92 Å². The molecule has 2 unspecified atom stereocenters. The maximum absolute atomic E-state index is 12.2. The molecule has 2 saturated heterocycles. The maximum atomic E-state index is 12.2. The van der Waals surface area contributed by atoms with Crippen LogP contribution in [0.2, 0.25) is 0 Å². The van der Waals surface area contributed by atoms with Gasteiger partial charge in [0, 0.05) is 50.0 Å². The van der Waals surface area contributed by atoms with Crippen molar-refractivity contribution >= 4 is 5.91 Å². The number of carbonyl (C=O) groups is 1. The summed E-state index contributed by atoms with van der Waals surface area (Å²) < 4.78 is 0. The maximum Gasteiger partial charge on any atom is 0.224 e. The Morgan fingerprint density at radius 1 is 1.26 bits per heavy atom. The molecule has 4 nitrogen and oxygen atoms in total. The lowest BCUT2D eigenvalue weighted by atomic mass is 10.1. The number of hydrogen-bond acceptors (Lipinski definition) is 2. The van der Waals surface area contributed by atoms with Crippen LogP contribution in [0.1, 0.15) is 31.4 Å². The zero-order valence-corrected chi connectivity index (χ0v) is 11.2. The first kappa shape index (κ1) is 11.5. The highest BCUT2D eigenvalue weighted by atomic mass is 16.2. The Bertz CT molecular complexity index is 466. The Labute approximate surface area is 113 Å². The van der Waals surface area contributed by atoms with E-state index in [2.05, 4.69) is 20.9 Å². The van der Waals surface area contributed by atoms with Crippen molar-refractivity contribution in [3.8, 4) is 0 Å². The van der Waals surface area contributed by atoms with Crippen molar-refractivity contribution in [3.63, 3.8) is 0 Å². The van der Waals surface area contributed by atoms with Crippen LogP contribution in [0.4, 0.5) is 0 Å². The fourth-order valence-corrected chi connectivity index (χ4v) is 3.71. The van der Waals surface area contributed by atoms with E-state index in [1.807, 2.05) is 12.3 Å². The van der Waals surface area contributed by atoms with E-state index in [-0.39, 0.29) is 0 Å². The number of carbonyl (C=O) groups excluding carboxylic acids is 1. The van der Waals surface area contributed by atoms with E-state index in [0.29, 0.717) is 18.0 Å². The van der Waals surface area contributed by atoms with Gasteiger partial charge in [-0.2, -0.15) is 0 Å². The standard InChI is InChI=1S/C15H21N3O/c19-15-8-14-13(18(15)9-11-3-4-11)5-7-17(14)10-12-2-1-6-16-12/h1-2,6,11,13-14,16H,3-5,7-10H2. The first-order valence-corrected chi connectivity index (χ1v) is 7.47. The van der Waals surface area contributed by atoms with E-state index in [1.54, 1.807) is 0 Å². The van der Waals surface area contributed by atoms with Crippen LogP contribution in [0.15, 0.2) is 18.3 Å². The molecule has 2 aliphatic heterocycles. The second-order valence-corrected chi connectivity index (χ2v) is 6.28. The predicted molar refractivity (Wildman–Crippen MR) is 72.4 cm³/mol.